The Bertz CT molecular complexity index is 1170. The molecule has 3 aromatic rings. The minimum atomic E-state index is -0.504. The first kappa shape index (κ1) is 17.1. The number of hydrogen-bond donors (Lipinski definition) is 1. The third-order valence-corrected chi connectivity index (χ3v) is 4.71. The molecule has 0 aliphatic carbocycles. The lowest BCUT2D eigenvalue weighted by atomic mass is 10.0. The molecule has 0 radical (unpaired) electrons. The van der Waals surface area contributed by atoms with Gasteiger partial charge in [0.25, 0.3) is 11.8 Å². The Labute approximate surface area is 161 Å². The first-order valence-corrected chi connectivity index (χ1v) is 8.77. The SMILES string of the molecule is C=CCN1C(=O)C(=Cc2cccc3nc4ccccc4cc23)C(=O)NC1=S. The number of pyridine rings is 1. The predicted molar refractivity (Wildman–Crippen MR) is 110 cm³/mol. The Morgan fingerprint density at radius 3 is 2.70 bits per heavy atom. The second-order valence-corrected chi connectivity index (χ2v) is 6.50. The minimum absolute atomic E-state index is 0.0334. The van der Waals surface area contributed by atoms with Crippen LogP contribution in [0.3, 0.4) is 0 Å². The Hall–Kier alpha value is -3.38. The summed E-state index contributed by atoms with van der Waals surface area (Å²) in [5, 5.41) is 4.51. The molecule has 2 amide bonds. The number of benzene rings is 2. The Balaban J connectivity index is 1.87. The Morgan fingerprint density at radius 1 is 1.11 bits per heavy atom. The molecule has 132 valence electrons. The number of carbonyl (C=O) groups is 2. The van der Waals surface area contributed by atoms with Crippen molar-refractivity contribution in [2.24, 2.45) is 0 Å². The summed E-state index contributed by atoms with van der Waals surface area (Å²) in [6.45, 7) is 3.86. The van der Waals surface area contributed by atoms with Gasteiger partial charge >= 0.3 is 0 Å². The average Bonchev–Trinajstić information content (AvgIpc) is 2.67. The largest absolute Gasteiger partial charge is 0.298 e. The van der Waals surface area contributed by atoms with Gasteiger partial charge in [-0.15, -0.1) is 6.58 Å². The standard InChI is InChI=1S/C21H15N3O2S/c1-2-10-24-20(26)16(19(25)23-21(24)27)11-13-7-5-9-18-15(13)12-14-6-3-4-8-17(14)22-18/h2-9,11-12H,1,10H2,(H,23,25,27). The number of rotatable bonds is 3. The van der Waals surface area contributed by atoms with Gasteiger partial charge in [0.2, 0.25) is 0 Å². The van der Waals surface area contributed by atoms with Crippen molar-refractivity contribution in [1.82, 2.24) is 15.2 Å². The quantitative estimate of drug-likeness (QED) is 0.252. The van der Waals surface area contributed by atoms with Gasteiger partial charge in [0.15, 0.2) is 5.11 Å². The van der Waals surface area contributed by atoms with Gasteiger partial charge in [-0.1, -0.05) is 36.4 Å². The smallest absolute Gasteiger partial charge is 0.265 e. The van der Waals surface area contributed by atoms with Gasteiger partial charge in [-0.2, -0.15) is 0 Å². The molecule has 1 aromatic heterocycles. The molecule has 1 aliphatic rings. The van der Waals surface area contributed by atoms with E-state index in [9.17, 15) is 9.59 Å². The number of hydrogen-bond acceptors (Lipinski definition) is 4. The van der Waals surface area contributed by atoms with Crippen LogP contribution in [-0.4, -0.2) is 33.4 Å². The highest BCUT2D eigenvalue weighted by molar-refractivity contribution is 7.80. The number of aromatic nitrogens is 1. The van der Waals surface area contributed by atoms with Gasteiger partial charge < -0.3 is 0 Å². The number of nitrogens with one attached hydrogen (secondary N) is 1. The summed E-state index contributed by atoms with van der Waals surface area (Å²) in [4.78, 5) is 31.1. The topological polar surface area (TPSA) is 62.3 Å². The van der Waals surface area contributed by atoms with Crippen LogP contribution in [0.5, 0.6) is 0 Å². The first-order valence-electron chi connectivity index (χ1n) is 8.37. The lowest BCUT2D eigenvalue weighted by Gasteiger charge is -2.27. The average molecular weight is 373 g/mol. The lowest BCUT2D eigenvalue weighted by molar-refractivity contribution is -0.128. The van der Waals surface area contributed by atoms with Crippen LogP contribution in [0.15, 0.2) is 66.8 Å². The monoisotopic (exact) mass is 373 g/mol. The molecule has 0 saturated carbocycles. The molecule has 1 saturated heterocycles. The summed E-state index contributed by atoms with van der Waals surface area (Å²) < 4.78 is 0. The van der Waals surface area contributed by atoms with E-state index >= 15 is 0 Å². The third kappa shape index (κ3) is 3.00. The van der Waals surface area contributed by atoms with E-state index in [4.69, 9.17) is 12.2 Å². The van der Waals surface area contributed by atoms with Crippen LogP contribution in [-0.2, 0) is 9.59 Å². The fraction of sp³-hybridized carbons (Fsp3) is 0.0476. The molecule has 6 heteroatoms. The van der Waals surface area contributed by atoms with Crippen LogP contribution in [0.25, 0.3) is 27.9 Å². The number of carbonyl (C=O) groups excluding carboxylic acids is 2. The molecule has 0 atom stereocenters. The van der Waals surface area contributed by atoms with Gasteiger partial charge in [0.05, 0.1) is 11.0 Å². The van der Waals surface area contributed by atoms with Crippen molar-refractivity contribution in [2.75, 3.05) is 6.54 Å². The number of nitrogens with zero attached hydrogens (tertiary/aromatic N) is 2. The summed E-state index contributed by atoms with van der Waals surface area (Å²) in [5.41, 5.74) is 2.47. The summed E-state index contributed by atoms with van der Waals surface area (Å²) in [5.74, 6) is -0.939. The van der Waals surface area contributed by atoms with Crippen molar-refractivity contribution in [3.8, 4) is 0 Å². The molecule has 0 spiro atoms. The van der Waals surface area contributed by atoms with Crippen molar-refractivity contribution in [2.45, 2.75) is 0 Å². The minimum Gasteiger partial charge on any atom is -0.298 e. The van der Waals surface area contributed by atoms with E-state index in [0.717, 1.165) is 27.4 Å². The van der Waals surface area contributed by atoms with Crippen molar-refractivity contribution in [3.05, 3.63) is 72.3 Å². The highest BCUT2D eigenvalue weighted by Crippen LogP contribution is 2.25. The third-order valence-electron chi connectivity index (χ3n) is 4.39. The van der Waals surface area contributed by atoms with Gasteiger partial charge in [-0.3, -0.25) is 19.8 Å². The zero-order valence-electron chi connectivity index (χ0n) is 14.3. The molecule has 5 nitrogen and oxygen atoms in total. The highest BCUT2D eigenvalue weighted by Gasteiger charge is 2.32. The molecule has 27 heavy (non-hydrogen) atoms. The van der Waals surface area contributed by atoms with Gasteiger partial charge in [-0.25, -0.2) is 4.98 Å². The van der Waals surface area contributed by atoms with Crippen LogP contribution < -0.4 is 5.32 Å². The van der Waals surface area contributed by atoms with E-state index in [0.29, 0.717) is 0 Å². The zero-order chi connectivity index (χ0) is 19.0. The van der Waals surface area contributed by atoms with E-state index < -0.39 is 11.8 Å². The van der Waals surface area contributed by atoms with Crippen molar-refractivity contribution < 1.29 is 9.59 Å². The molecule has 1 N–H and O–H groups in total. The summed E-state index contributed by atoms with van der Waals surface area (Å²) in [7, 11) is 0. The maximum atomic E-state index is 12.7. The van der Waals surface area contributed by atoms with Gasteiger partial charge in [-0.05, 0) is 42.1 Å². The second kappa shape index (κ2) is 6.74. The van der Waals surface area contributed by atoms with Crippen molar-refractivity contribution >= 4 is 57.0 Å². The maximum Gasteiger partial charge on any atom is 0.265 e. The second-order valence-electron chi connectivity index (χ2n) is 6.12. The van der Waals surface area contributed by atoms with Crippen molar-refractivity contribution in [1.29, 1.82) is 0 Å². The molecule has 0 unspecified atom stereocenters. The van der Waals surface area contributed by atoms with E-state index in [2.05, 4.69) is 16.9 Å². The maximum absolute atomic E-state index is 12.7. The highest BCUT2D eigenvalue weighted by atomic mass is 32.1. The molecular weight excluding hydrogens is 358 g/mol. The van der Waals surface area contributed by atoms with Crippen LogP contribution in [0.2, 0.25) is 0 Å². The molecule has 4 rings (SSSR count). The van der Waals surface area contributed by atoms with Gasteiger partial charge in [0.1, 0.15) is 5.57 Å². The van der Waals surface area contributed by atoms with Crippen LogP contribution in [0.4, 0.5) is 0 Å². The molecule has 0 bridgehead atoms. The Kier molecular flexibility index (Phi) is 4.25. The molecule has 2 heterocycles. The number of thiocarbonyl (C=S) groups is 1. The fourth-order valence-corrected chi connectivity index (χ4v) is 3.34. The number of para-hydroxylation sites is 1. The first-order chi connectivity index (χ1) is 13.1. The Morgan fingerprint density at radius 2 is 1.89 bits per heavy atom. The zero-order valence-corrected chi connectivity index (χ0v) is 15.1. The summed E-state index contributed by atoms with van der Waals surface area (Å²) >= 11 is 5.08. The normalized spacial score (nSPS) is 16.2. The summed E-state index contributed by atoms with van der Waals surface area (Å²) in [6, 6.07) is 15.5. The van der Waals surface area contributed by atoms with E-state index in [-0.39, 0.29) is 17.2 Å². The van der Waals surface area contributed by atoms with E-state index in [1.54, 1.807) is 12.2 Å². The number of amides is 2. The van der Waals surface area contributed by atoms with Crippen molar-refractivity contribution in [3.63, 3.8) is 0 Å². The predicted octanol–water partition coefficient (Wildman–Crippen LogP) is 3.20. The molecule has 1 fully saturated rings. The van der Waals surface area contributed by atoms with E-state index in [1.807, 2.05) is 48.5 Å². The lowest BCUT2D eigenvalue weighted by Crippen LogP contribution is -2.53. The van der Waals surface area contributed by atoms with Crippen LogP contribution >= 0.6 is 12.2 Å². The summed E-state index contributed by atoms with van der Waals surface area (Å²) in [6.07, 6.45) is 3.15. The van der Waals surface area contributed by atoms with Crippen LogP contribution in [0.1, 0.15) is 5.56 Å². The van der Waals surface area contributed by atoms with Gasteiger partial charge in [0, 0.05) is 17.3 Å². The van der Waals surface area contributed by atoms with Crippen LogP contribution in [0, 0.1) is 0 Å². The fourth-order valence-electron chi connectivity index (χ4n) is 3.09. The molecule has 2 aromatic carbocycles. The molecule has 1 aliphatic heterocycles. The number of fused-ring (bicyclic) bond motifs is 2. The van der Waals surface area contributed by atoms with E-state index in [1.165, 1.54) is 4.90 Å². The molecular formula is C21H15N3O2S.